The van der Waals surface area contributed by atoms with E-state index in [0.717, 1.165) is 12.1 Å². The Morgan fingerprint density at radius 3 is 2.65 bits per heavy atom. The van der Waals surface area contributed by atoms with Gasteiger partial charge in [-0.25, -0.2) is 0 Å². The number of carboxylic acid groups (broad SMARTS) is 1. The number of amides is 1. The molecule has 6 nitrogen and oxygen atoms in total. The highest BCUT2D eigenvalue weighted by atomic mass is 16.4. The first-order valence-corrected chi connectivity index (χ1v) is 6.55. The van der Waals surface area contributed by atoms with E-state index in [1.807, 2.05) is 6.92 Å². The van der Waals surface area contributed by atoms with Crippen LogP contribution in [0.25, 0.3) is 0 Å². The van der Waals surface area contributed by atoms with Crippen LogP contribution in [0.2, 0.25) is 0 Å². The third kappa shape index (κ3) is 4.22. The summed E-state index contributed by atoms with van der Waals surface area (Å²) in [7, 11) is 1.74. The van der Waals surface area contributed by atoms with Gasteiger partial charge in [0.2, 0.25) is 0 Å². The maximum atomic E-state index is 12.1. The molecule has 0 bridgehead atoms. The topological polar surface area (TPSA) is 88.4 Å². The van der Waals surface area contributed by atoms with Gasteiger partial charge in [0, 0.05) is 31.0 Å². The van der Waals surface area contributed by atoms with E-state index in [4.69, 9.17) is 5.11 Å². The lowest BCUT2D eigenvalue weighted by Gasteiger charge is -2.16. The van der Waals surface area contributed by atoms with Crippen molar-refractivity contribution in [2.24, 2.45) is 7.05 Å². The van der Waals surface area contributed by atoms with Crippen molar-refractivity contribution in [2.75, 3.05) is 0 Å². The SMILES string of the molecule is CCCC(CC(=O)O)NC(=O)c1cn(C)c(C)cc1=O. The van der Waals surface area contributed by atoms with E-state index in [2.05, 4.69) is 5.32 Å². The van der Waals surface area contributed by atoms with E-state index < -0.39 is 17.9 Å². The fraction of sp³-hybridized carbons (Fsp3) is 0.500. The van der Waals surface area contributed by atoms with Crippen molar-refractivity contribution in [2.45, 2.75) is 39.2 Å². The molecular formula is C14H20N2O4. The molecule has 0 fully saturated rings. The molecule has 0 aromatic carbocycles. The Morgan fingerprint density at radius 1 is 1.45 bits per heavy atom. The summed E-state index contributed by atoms with van der Waals surface area (Å²) >= 11 is 0. The molecule has 1 aromatic heterocycles. The predicted molar refractivity (Wildman–Crippen MR) is 74.8 cm³/mol. The van der Waals surface area contributed by atoms with Crippen LogP contribution >= 0.6 is 0 Å². The zero-order valence-corrected chi connectivity index (χ0v) is 12.0. The number of nitrogens with one attached hydrogen (secondary N) is 1. The van der Waals surface area contributed by atoms with Gasteiger partial charge >= 0.3 is 5.97 Å². The minimum Gasteiger partial charge on any atom is -0.481 e. The van der Waals surface area contributed by atoms with Crippen LogP contribution in [-0.2, 0) is 11.8 Å². The largest absolute Gasteiger partial charge is 0.481 e. The number of hydrogen-bond donors (Lipinski definition) is 2. The monoisotopic (exact) mass is 280 g/mol. The highest BCUT2D eigenvalue weighted by molar-refractivity contribution is 5.94. The lowest BCUT2D eigenvalue weighted by atomic mass is 10.1. The van der Waals surface area contributed by atoms with E-state index in [1.54, 1.807) is 18.5 Å². The Labute approximate surface area is 117 Å². The number of carbonyl (C=O) groups excluding carboxylic acids is 1. The molecule has 1 atom stereocenters. The smallest absolute Gasteiger partial charge is 0.305 e. The third-order valence-corrected chi connectivity index (χ3v) is 3.12. The molecule has 2 N–H and O–H groups in total. The predicted octanol–water partition coefficient (Wildman–Crippen LogP) is 1.07. The number of nitrogens with zero attached hydrogens (tertiary/aromatic N) is 1. The number of aryl methyl sites for hydroxylation is 2. The number of aliphatic carboxylic acids is 1. The molecule has 20 heavy (non-hydrogen) atoms. The number of pyridine rings is 1. The Bertz CT molecular complexity index is 563. The molecule has 0 saturated heterocycles. The minimum absolute atomic E-state index is 0.0320. The van der Waals surface area contributed by atoms with Gasteiger partial charge in [0.25, 0.3) is 5.91 Å². The van der Waals surface area contributed by atoms with Gasteiger partial charge in [-0.05, 0) is 13.3 Å². The normalized spacial score (nSPS) is 11.9. The van der Waals surface area contributed by atoms with Crippen LogP contribution < -0.4 is 10.7 Å². The van der Waals surface area contributed by atoms with E-state index >= 15 is 0 Å². The number of carbonyl (C=O) groups is 2. The highest BCUT2D eigenvalue weighted by Crippen LogP contribution is 2.04. The van der Waals surface area contributed by atoms with Crippen LogP contribution in [-0.4, -0.2) is 27.6 Å². The highest BCUT2D eigenvalue weighted by Gasteiger charge is 2.18. The maximum Gasteiger partial charge on any atom is 0.305 e. The molecule has 0 aliphatic heterocycles. The standard InChI is InChI=1S/C14H20N2O4/c1-4-5-10(7-13(18)19)15-14(20)11-8-16(3)9(2)6-12(11)17/h6,8,10H,4-5,7H2,1-3H3,(H,15,20)(H,18,19). The van der Waals surface area contributed by atoms with Crippen LogP contribution in [0.3, 0.4) is 0 Å². The lowest BCUT2D eigenvalue weighted by Crippen LogP contribution is -2.38. The second-order valence-electron chi connectivity index (χ2n) is 4.86. The van der Waals surface area contributed by atoms with E-state index in [0.29, 0.717) is 6.42 Å². The van der Waals surface area contributed by atoms with Gasteiger partial charge in [-0.2, -0.15) is 0 Å². The first kappa shape index (κ1) is 15.9. The quantitative estimate of drug-likeness (QED) is 0.815. The summed E-state index contributed by atoms with van der Waals surface area (Å²) in [6, 6.07) is 0.928. The van der Waals surface area contributed by atoms with Crippen molar-refractivity contribution < 1.29 is 14.7 Å². The zero-order valence-electron chi connectivity index (χ0n) is 12.0. The number of rotatable bonds is 6. The molecule has 0 spiro atoms. The Kier molecular flexibility index (Phi) is 5.49. The van der Waals surface area contributed by atoms with Crippen molar-refractivity contribution in [3.8, 4) is 0 Å². The van der Waals surface area contributed by atoms with Crippen molar-refractivity contribution in [3.05, 3.63) is 33.7 Å². The molecule has 110 valence electrons. The van der Waals surface area contributed by atoms with Crippen molar-refractivity contribution in [1.82, 2.24) is 9.88 Å². The minimum atomic E-state index is -0.972. The molecule has 1 rings (SSSR count). The number of aromatic nitrogens is 1. The van der Waals surface area contributed by atoms with E-state index in [9.17, 15) is 14.4 Å². The molecule has 1 unspecified atom stereocenters. The summed E-state index contributed by atoms with van der Waals surface area (Å²) < 4.78 is 1.68. The van der Waals surface area contributed by atoms with Gasteiger partial charge < -0.3 is 15.0 Å². The zero-order chi connectivity index (χ0) is 15.3. The van der Waals surface area contributed by atoms with Crippen molar-refractivity contribution in [1.29, 1.82) is 0 Å². The average Bonchev–Trinajstić information content (AvgIpc) is 2.33. The van der Waals surface area contributed by atoms with E-state index in [-0.39, 0.29) is 17.4 Å². The summed E-state index contributed by atoms with van der Waals surface area (Å²) in [5, 5.41) is 11.4. The van der Waals surface area contributed by atoms with Gasteiger partial charge in [-0.1, -0.05) is 13.3 Å². The third-order valence-electron chi connectivity index (χ3n) is 3.12. The molecule has 0 saturated carbocycles. The maximum absolute atomic E-state index is 12.1. The van der Waals surface area contributed by atoms with E-state index in [1.165, 1.54) is 12.3 Å². The molecule has 0 aliphatic rings. The second kappa shape index (κ2) is 6.88. The molecule has 1 heterocycles. The van der Waals surface area contributed by atoms with Gasteiger partial charge in [-0.15, -0.1) is 0 Å². The Morgan fingerprint density at radius 2 is 2.10 bits per heavy atom. The van der Waals surface area contributed by atoms with Crippen LogP contribution in [0, 0.1) is 6.92 Å². The van der Waals surface area contributed by atoms with Crippen molar-refractivity contribution >= 4 is 11.9 Å². The van der Waals surface area contributed by atoms with Gasteiger partial charge in [0.05, 0.1) is 6.42 Å². The van der Waals surface area contributed by atoms with Gasteiger partial charge in [0.1, 0.15) is 5.56 Å². The van der Waals surface area contributed by atoms with Gasteiger partial charge in [0.15, 0.2) is 5.43 Å². The summed E-state index contributed by atoms with van der Waals surface area (Å²) in [4.78, 5) is 34.6. The molecular weight excluding hydrogens is 260 g/mol. The fourth-order valence-corrected chi connectivity index (χ4v) is 1.95. The summed E-state index contributed by atoms with van der Waals surface area (Å²) in [6.45, 7) is 3.68. The summed E-state index contributed by atoms with van der Waals surface area (Å²) in [5.74, 6) is -1.49. The first-order valence-electron chi connectivity index (χ1n) is 6.55. The molecule has 0 radical (unpaired) electrons. The molecule has 0 aliphatic carbocycles. The van der Waals surface area contributed by atoms with Crippen LogP contribution in [0.15, 0.2) is 17.1 Å². The number of hydrogen-bond acceptors (Lipinski definition) is 3. The summed E-state index contributed by atoms with van der Waals surface area (Å²) in [6.07, 6.45) is 2.64. The fourth-order valence-electron chi connectivity index (χ4n) is 1.95. The van der Waals surface area contributed by atoms with Gasteiger partial charge in [-0.3, -0.25) is 14.4 Å². The Balaban J connectivity index is 2.91. The lowest BCUT2D eigenvalue weighted by molar-refractivity contribution is -0.137. The second-order valence-corrected chi connectivity index (χ2v) is 4.86. The Hall–Kier alpha value is -2.11. The molecule has 6 heteroatoms. The van der Waals surface area contributed by atoms with Crippen LogP contribution in [0.1, 0.15) is 42.2 Å². The summed E-state index contributed by atoms with van der Waals surface area (Å²) in [5.41, 5.74) is 0.426. The average molecular weight is 280 g/mol. The molecule has 1 aromatic rings. The van der Waals surface area contributed by atoms with Crippen molar-refractivity contribution in [3.63, 3.8) is 0 Å². The number of carboxylic acids is 1. The van der Waals surface area contributed by atoms with Crippen LogP contribution in [0.4, 0.5) is 0 Å². The molecule has 1 amide bonds. The first-order chi connectivity index (χ1) is 9.35. The van der Waals surface area contributed by atoms with Crippen LogP contribution in [0.5, 0.6) is 0 Å².